The van der Waals surface area contributed by atoms with Crippen LogP contribution in [0.4, 0.5) is 4.79 Å². The molecule has 5 heteroatoms. The Morgan fingerprint density at radius 3 is 2.41 bits per heavy atom. The number of rotatable bonds is 4. The standard InChI is InChI=1S/C17H22N2O2S/c20-17(19-12-14-6-4-5-7-15(14)13-19)18-10-11-22(21)16-8-2-1-3-9-16/h1-5,8-9,14-15H,6-7,10-13H2,(H,18,20)/t14-,15-,22+/m0/s1. The molecule has 2 amide bonds. The van der Waals surface area contributed by atoms with Gasteiger partial charge in [0.05, 0.1) is 10.8 Å². The molecule has 3 atom stereocenters. The lowest BCUT2D eigenvalue weighted by molar-refractivity contribution is 0.207. The molecule has 1 aliphatic carbocycles. The summed E-state index contributed by atoms with van der Waals surface area (Å²) in [6, 6.07) is 9.37. The Hall–Kier alpha value is -1.62. The number of fused-ring (bicyclic) bond motifs is 1. The molecule has 1 aromatic carbocycles. The first-order valence-corrected chi connectivity index (χ1v) is 9.17. The molecule has 118 valence electrons. The van der Waals surface area contributed by atoms with Crippen molar-refractivity contribution in [3.8, 4) is 0 Å². The van der Waals surface area contributed by atoms with Gasteiger partial charge in [-0.05, 0) is 36.8 Å². The first-order chi connectivity index (χ1) is 10.7. The van der Waals surface area contributed by atoms with E-state index in [1.165, 1.54) is 0 Å². The van der Waals surface area contributed by atoms with Gasteiger partial charge in [-0.1, -0.05) is 30.4 Å². The summed E-state index contributed by atoms with van der Waals surface area (Å²) < 4.78 is 12.1. The number of carbonyl (C=O) groups excluding carboxylic acids is 1. The Labute approximate surface area is 134 Å². The number of nitrogens with zero attached hydrogens (tertiary/aromatic N) is 1. The van der Waals surface area contributed by atoms with Crippen LogP contribution in [0.15, 0.2) is 47.4 Å². The van der Waals surface area contributed by atoms with Gasteiger partial charge in [0.2, 0.25) is 0 Å². The van der Waals surface area contributed by atoms with Crippen LogP contribution in [0.1, 0.15) is 12.8 Å². The van der Waals surface area contributed by atoms with E-state index < -0.39 is 10.8 Å². The fourth-order valence-corrected chi connectivity index (χ4v) is 4.22. The average molecular weight is 318 g/mol. The van der Waals surface area contributed by atoms with Crippen molar-refractivity contribution in [1.29, 1.82) is 0 Å². The smallest absolute Gasteiger partial charge is 0.317 e. The van der Waals surface area contributed by atoms with Gasteiger partial charge < -0.3 is 10.2 Å². The summed E-state index contributed by atoms with van der Waals surface area (Å²) in [6.45, 7) is 2.15. The highest BCUT2D eigenvalue weighted by molar-refractivity contribution is 7.85. The zero-order valence-electron chi connectivity index (χ0n) is 12.6. The second kappa shape index (κ2) is 7.09. The fraction of sp³-hybridized carbons (Fsp3) is 0.471. The predicted octanol–water partition coefficient (Wildman–Crippen LogP) is 2.40. The van der Waals surface area contributed by atoms with Gasteiger partial charge in [0.25, 0.3) is 0 Å². The van der Waals surface area contributed by atoms with Crippen LogP contribution >= 0.6 is 0 Å². The molecule has 2 aliphatic rings. The van der Waals surface area contributed by atoms with Gasteiger partial charge in [-0.15, -0.1) is 0 Å². The molecule has 1 aliphatic heterocycles. The van der Waals surface area contributed by atoms with Crippen molar-refractivity contribution in [3.05, 3.63) is 42.5 Å². The maximum absolute atomic E-state index is 12.2. The third-order valence-corrected chi connectivity index (χ3v) is 5.85. The summed E-state index contributed by atoms with van der Waals surface area (Å²) in [5.74, 6) is 1.70. The number of hydrogen-bond donors (Lipinski definition) is 1. The van der Waals surface area contributed by atoms with Crippen molar-refractivity contribution < 1.29 is 9.00 Å². The monoisotopic (exact) mass is 318 g/mol. The molecule has 1 N–H and O–H groups in total. The van der Waals surface area contributed by atoms with Crippen LogP contribution in [-0.4, -0.2) is 40.5 Å². The Morgan fingerprint density at radius 2 is 1.77 bits per heavy atom. The quantitative estimate of drug-likeness (QED) is 0.867. The van der Waals surface area contributed by atoms with Crippen LogP contribution < -0.4 is 5.32 Å². The van der Waals surface area contributed by atoms with E-state index in [1.54, 1.807) is 0 Å². The van der Waals surface area contributed by atoms with Crippen LogP contribution in [0, 0.1) is 11.8 Å². The Kier molecular flexibility index (Phi) is 4.93. The van der Waals surface area contributed by atoms with E-state index in [2.05, 4.69) is 17.5 Å². The van der Waals surface area contributed by atoms with E-state index in [9.17, 15) is 9.00 Å². The summed E-state index contributed by atoms with van der Waals surface area (Å²) >= 11 is 0. The predicted molar refractivity (Wildman–Crippen MR) is 88.0 cm³/mol. The van der Waals surface area contributed by atoms with Gasteiger partial charge in [0.1, 0.15) is 0 Å². The van der Waals surface area contributed by atoms with E-state index in [0.29, 0.717) is 24.1 Å². The van der Waals surface area contributed by atoms with Crippen LogP contribution in [-0.2, 0) is 10.8 Å². The van der Waals surface area contributed by atoms with Crippen molar-refractivity contribution in [3.63, 3.8) is 0 Å². The first kappa shape index (κ1) is 15.3. The van der Waals surface area contributed by atoms with Crippen LogP contribution in [0.25, 0.3) is 0 Å². The molecule has 22 heavy (non-hydrogen) atoms. The molecule has 1 aromatic rings. The molecule has 1 saturated heterocycles. The minimum Gasteiger partial charge on any atom is -0.337 e. The van der Waals surface area contributed by atoms with E-state index >= 15 is 0 Å². The number of urea groups is 1. The first-order valence-electron chi connectivity index (χ1n) is 7.85. The highest BCUT2D eigenvalue weighted by Gasteiger charge is 2.34. The number of carbonyl (C=O) groups is 1. The van der Waals surface area contributed by atoms with E-state index in [4.69, 9.17) is 0 Å². The molecule has 0 bridgehead atoms. The van der Waals surface area contributed by atoms with Gasteiger partial charge in [-0.2, -0.15) is 0 Å². The van der Waals surface area contributed by atoms with Crippen LogP contribution in [0.5, 0.6) is 0 Å². The molecule has 3 rings (SSSR count). The number of benzene rings is 1. The number of amides is 2. The van der Waals surface area contributed by atoms with Crippen molar-refractivity contribution in [1.82, 2.24) is 10.2 Å². The Balaban J connectivity index is 1.42. The summed E-state index contributed by atoms with van der Waals surface area (Å²) in [7, 11) is -1.05. The third-order valence-electron chi connectivity index (χ3n) is 4.48. The van der Waals surface area contributed by atoms with E-state index in [0.717, 1.165) is 30.8 Å². The number of hydrogen-bond acceptors (Lipinski definition) is 2. The normalized spacial score (nSPS) is 24.8. The summed E-state index contributed by atoms with van der Waals surface area (Å²) in [5.41, 5.74) is 0. The molecule has 1 fully saturated rings. The van der Waals surface area contributed by atoms with Gasteiger partial charge in [-0.3, -0.25) is 4.21 Å². The molecule has 0 spiro atoms. The minimum absolute atomic E-state index is 0.0144. The van der Waals surface area contributed by atoms with Gasteiger partial charge in [-0.25, -0.2) is 4.79 Å². The Bertz CT molecular complexity index is 557. The van der Waals surface area contributed by atoms with Crippen LogP contribution in [0.3, 0.4) is 0 Å². The van der Waals surface area contributed by atoms with E-state index in [-0.39, 0.29) is 6.03 Å². The lowest BCUT2D eigenvalue weighted by Gasteiger charge is -2.17. The summed E-state index contributed by atoms with van der Waals surface area (Å²) in [5, 5.41) is 2.91. The zero-order valence-corrected chi connectivity index (χ0v) is 13.4. The van der Waals surface area contributed by atoms with Gasteiger partial charge >= 0.3 is 6.03 Å². The number of nitrogens with one attached hydrogen (secondary N) is 1. The van der Waals surface area contributed by atoms with E-state index in [1.807, 2.05) is 35.2 Å². The summed E-state index contributed by atoms with van der Waals surface area (Å²) in [6.07, 6.45) is 6.64. The van der Waals surface area contributed by atoms with Crippen molar-refractivity contribution in [2.45, 2.75) is 17.7 Å². The van der Waals surface area contributed by atoms with Gasteiger partial charge in [0.15, 0.2) is 0 Å². The largest absolute Gasteiger partial charge is 0.337 e. The molecular weight excluding hydrogens is 296 g/mol. The highest BCUT2D eigenvalue weighted by atomic mass is 32.2. The molecule has 0 unspecified atom stereocenters. The number of allylic oxidation sites excluding steroid dienone is 2. The molecule has 4 nitrogen and oxygen atoms in total. The molecule has 0 aromatic heterocycles. The Morgan fingerprint density at radius 1 is 1.14 bits per heavy atom. The van der Waals surface area contributed by atoms with Gasteiger partial charge in [0, 0.05) is 30.3 Å². The topological polar surface area (TPSA) is 49.4 Å². The molecule has 0 saturated carbocycles. The lowest BCUT2D eigenvalue weighted by Crippen LogP contribution is -2.40. The second-order valence-electron chi connectivity index (χ2n) is 5.96. The molecule has 1 heterocycles. The zero-order chi connectivity index (χ0) is 15.4. The van der Waals surface area contributed by atoms with Crippen molar-refractivity contribution in [2.24, 2.45) is 11.8 Å². The molecular formula is C17H22N2O2S. The maximum Gasteiger partial charge on any atom is 0.317 e. The minimum atomic E-state index is -1.05. The maximum atomic E-state index is 12.2. The molecule has 0 radical (unpaired) electrons. The third kappa shape index (κ3) is 3.58. The van der Waals surface area contributed by atoms with Crippen LogP contribution in [0.2, 0.25) is 0 Å². The van der Waals surface area contributed by atoms with Crippen molar-refractivity contribution >= 4 is 16.8 Å². The highest BCUT2D eigenvalue weighted by Crippen LogP contribution is 2.32. The second-order valence-corrected chi connectivity index (χ2v) is 7.53. The average Bonchev–Trinajstić information content (AvgIpc) is 2.99. The number of likely N-dealkylation sites (tertiary alicyclic amines) is 1. The summed E-state index contributed by atoms with van der Waals surface area (Å²) in [4.78, 5) is 14.9. The SMILES string of the molecule is O=C(NCC[S@@](=O)c1ccccc1)N1C[C@@H]2CC=CC[C@H]2C1. The fourth-order valence-electron chi connectivity index (χ4n) is 3.23. The van der Waals surface area contributed by atoms with Crippen molar-refractivity contribution in [2.75, 3.05) is 25.4 Å². The lowest BCUT2D eigenvalue weighted by atomic mass is 9.86.